The summed E-state index contributed by atoms with van der Waals surface area (Å²) >= 11 is 0. The van der Waals surface area contributed by atoms with Crippen molar-refractivity contribution in [2.45, 2.75) is 13.1 Å². The average molecular weight is 1070 g/mol. The molecule has 0 spiro atoms. The van der Waals surface area contributed by atoms with Gasteiger partial charge in [0.15, 0.2) is 0 Å². The number of benzene rings is 11. The van der Waals surface area contributed by atoms with E-state index in [1.807, 2.05) is 36.9 Å². The quantitative estimate of drug-likeness (QED) is 0.121. The molecule has 0 bridgehead atoms. The molecule has 394 valence electrons. The van der Waals surface area contributed by atoms with Gasteiger partial charge in [0.2, 0.25) is 0 Å². The van der Waals surface area contributed by atoms with Crippen LogP contribution in [-0.2, 0) is 13.1 Å². The molecule has 3 aromatic heterocycles. The predicted molar refractivity (Wildman–Crippen MR) is 351 cm³/mol. The zero-order chi connectivity index (χ0) is 55.5. The Balaban J connectivity index is 1.04. The molecule has 2 aliphatic rings. The molecule has 0 fully saturated rings. The summed E-state index contributed by atoms with van der Waals surface area (Å²) in [6.45, 7) is 0.993. The third-order valence-electron chi connectivity index (χ3n) is 17.4. The minimum atomic E-state index is -0.177. The van der Waals surface area contributed by atoms with E-state index in [2.05, 4.69) is 291 Å². The second-order valence-corrected chi connectivity index (χ2v) is 22.0. The lowest BCUT2D eigenvalue weighted by Crippen LogP contribution is -2.62. The average Bonchev–Trinajstić information content (AvgIpc) is 1.24. The van der Waals surface area contributed by atoms with E-state index in [0.717, 1.165) is 39.0 Å². The van der Waals surface area contributed by atoms with Gasteiger partial charge in [-0.25, -0.2) is 0 Å². The lowest BCUT2D eigenvalue weighted by molar-refractivity contribution is 0.961. The van der Waals surface area contributed by atoms with Crippen molar-refractivity contribution in [1.29, 1.82) is 0 Å². The van der Waals surface area contributed by atoms with Crippen LogP contribution in [0.25, 0.3) is 94.3 Å². The molecule has 0 amide bonds. The largest absolute Gasteiger partial charge is 0.338 e. The summed E-state index contributed by atoms with van der Waals surface area (Å²) in [6.07, 6.45) is 7.71. The first-order valence-corrected chi connectivity index (χ1v) is 29.0. The summed E-state index contributed by atoms with van der Waals surface area (Å²) in [4.78, 5) is 14.6. The van der Waals surface area contributed by atoms with Gasteiger partial charge in [-0.2, -0.15) is 0 Å². The van der Waals surface area contributed by atoms with Gasteiger partial charge in [0.1, 0.15) is 0 Å². The lowest BCUT2D eigenvalue weighted by Gasteiger charge is -2.45. The molecule has 11 aromatic carbocycles. The molecule has 2 aliphatic heterocycles. The topological polar surface area (TPSA) is 37.2 Å². The van der Waals surface area contributed by atoms with E-state index in [9.17, 15) is 0 Å². The Morgan fingerprint density at radius 3 is 1.05 bits per heavy atom. The Hall–Kier alpha value is -10.8. The van der Waals surface area contributed by atoms with E-state index >= 15 is 0 Å². The van der Waals surface area contributed by atoms with Crippen molar-refractivity contribution in [3.8, 4) is 72.4 Å². The molecule has 6 heteroatoms. The normalized spacial score (nSPS) is 12.3. The standard InChI is InChI=1S/C78H54BN5/c1-5-21-53(22-6-1)62-33-17-34-63(54-23-7-2-8-24-54)68(62)51-82-74-41-39-57(59-29-19-43-80-49-59)45-70(74)79-71-46-58(60-30-20-44-81-50-60)40-42-75(71)83(52-69-64(55-25-9-3-10-26-55)35-18-36-65(69)56-27-11-4-12-28-56)77-48-61(47-76(82)78(77)79)84-72-37-15-13-31-66(72)67-32-14-16-38-73(67)84/h1-50H,51-52H2. The molecule has 0 N–H and O–H groups in total. The van der Waals surface area contributed by atoms with Crippen molar-refractivity contribution in [3.63, 3.8) is 0 Å². The molecule has 0 radical (unpaired) electrons. The number of nitrogens with zero attached hydrogens (tertiary/aromatic N) is 5. The monoisotopic (exact) mass is 1070 g/mol. The Labute approximate surface area is 489 Å². The van der Waals surface area contributed by atoms with Gasteiger partial charge in [-0.15, -0.1) is 0 Å². The number of rotatable bonds is 11. The number of anilines is 4. The molecule has 0 atom stereocenters. The maximum Gasteiger partial charge on any atom is 0.252 e. The van der Waals surface area contributed by atoms with Crippen molar-refractivity contribution in [3.05, 3.63) is 315 Å². The molecular formula is C78H54BN5. The number of hydrogen-bond donors (Lipinski definition) is 0. The molecule has 0 saturated heterocycles. The molecule has 5 nitrogen and oxygen atoms in total. The Kier molecular flexibility index (Phi) is 12.0. The van der Waals surface area contributed by atoms with Crippen LogP contribution < -0.4 is 26.2 Å². The second-order valence-electron chi connectivity index (χ2n) is 22.0. The fourth-order valence-electron chi connectivity index (χ4n) is 13.6. The van der Waals surface area contributed by atoms with Gasteiger partial charge in [0.05, 0.1) is 16.7 Å². The van der Waals surface area contributed by atoms with Gasteiger partial charge >= 0.3 is 0 Å². The van der Waals surface area contributed by atoms with Crippen LogP contribution in [-0.4, -0.2) is 21.2 Å². The summed E-state index contributed by atoms with van der Waals surface area (Å²) in [5, 5.41) is 2.45. The molecule has 5 heterocycles. The van der Waals surface area contributed by atoms with Crippen molar-refractivity contribution in [2.24, 2.45) is 0 Å². The van der Waals surface area contributed by atoms with Crippen LogP contribution in [0.15, 0.2) is 304 Å². The highest BCUT2D eigenvalue weighted by Crippen LogP contribution is 2.46. The van der Waals surface area contributed by atoms with Crippen molar-refractivity contribution in [2.75, 3.05) is 9.80 Å². The van der Waals surface area contributed by atoms with Crippen LogP contribution in [0.3, 0.4) is 0 Å². The zero-order valence-corrected chi connectivity index (χ0v) is 46.1. The third kappa shape index (κ3) is 8.33. The van der Waals surface area contributed by atoms with Gasteiger partial charge < -0.3 is 14.4 Å². The van der Waals surface area contributed by atoms with Crippen LogP contribution in [0, 0.1) is 0 Å². The van der Waals surface area contributed by atoms with Crippen LogP contribution in [0.2, 0.25) is 0 Å². The molecular weight excluding hydrogens is 1020 g/mol. The summed E-state index contributed by atoms with van der Waals surface area (Å²) in [7, 11) is 0. The van der Waals surface area contributed by atoms with Crippen LogP contribution in [0.5, 0.6) is 0 Å². The second kappa shape index (κ2) is 20.6. The summed E-state index contributed by atoms with van der Waals surface area (Å²) in [5.74, 6) is 0. The first kappa shape index (κ1) is 49.0. The third-order valence-corrected chi connectivity index (χ3v) is 17.4. The van der Waals surface area contributed by atoms with E-state index in [4.69, 9.17) is 0 Å². The van der Waals surface area contributed by atoms with E-state index in [-0.39, 0.29) is 6.71 Å². The van der Waals surface area contributed by atoms with Gasteiger partial charge in [0.25, 0.3) is 6.71 Å². The Morgan fingerprint density at radius 2 is 0.667 bits per heavy atom. The van der Waals surface area contributed by atoms with E-state index in [1.54, 1.807) is 0 Å². The maximum absolute atomic E-state index is 4.66. The number of fused-ring (bicyclic) bond motifs is 7. The number of aromatic nitrogens is 3. The molecule has 0 saturated carbocycles. The van der Waals surface area contributed by atoms with Crippen LogP contribution in [0.4, 0.5) is 22.7 Å². The Bertz CT molecular complexity index is 4370. The predicted octanol–water partition coefficient (Wildman–Crippen LogP) is 17.4. The van der Waals surface area contributed by atoms with E-state index in [1.165, 1.54) is 106 Å². The summed E-state index contributed by atoms with van der Waals surface area (Å²) in [6, 6.07) is 103. The number of para-hydroxylation sites is 2. The molecule has 0 aliphatic carbocycles. The highest BCUT2D eigenvalue weighted by atomic mass is 15.2. The summed E-state index contributed by atoms with van der Waals surface area (Å²) < 4.78 is 2.51. The molecule has 84 heavy (non-hydrogen) atoms. The zero-order valence-electron chi connectivity index (χ0n) is 46.1. The highest BCUT2D eigenvalue weighted by Gasteiger charge is 2.44. The maximum atomic E-state index is 4.66. The minimum absolute atomic E-state index is 0.177. The SMILES string of the molecule is c1ccc(-c2cccc(-c3ccccc3)c2CN2c3ccc(-c4cccnc4)cc3B3c4cc(-c5cccnc5)ccc4N(Cc4c(-c5ccccc5)cccc4-c4ccccc4)c4cc(-n5c6ccccc6c6ccccc65)cc2c43)cc1. The van der Waals surface area contributed by atoms with E-state index < -0.39 is 0 Å². The van der Waals surface area contributed by atoms with Crippen molar-refractivity contribution < 1.29 is 0 Å². The van der Waals surface area contributed by atoms with Crippen LogP contribution in [0.1, 0.15) is 11.1 Å². The smallest absolute Gasteiger partial charge is 0.252 e. The summed E-state index contributed by atoms with van der Waals surface area (Å²) in [5.41, 5.74) is 28.3. The van der Waals surface area contributed by atoms with Crippen LogP contribution >= 0.6 is 0 Å². The fourth-order valence-corrected chi connectivity index (χ4v) is 13.6. The van der Waals surface area contributed by atoms with Gasteiger partial charge in [0, 0.05) is 71.4 Å². The van der Waals surface area contributed by atoms with Crippen molar-refractivity contribution >= 4 is 67.7 Å². The minimum Gasteiger partial charge on any atom is -0.338 e. The lowest BCUT2D eigenvalue weighted by atomic mass is 9.33. The fraction of sp³-hybridized carbons (Fsp3) is 0.0256. The Morgan fingerprint density at radius 1 is 0.298 bits per heavy atom. The number of hydrogen-bond acceptors (Lipinski definition) is 4. The van der Waals surface area contributed by atoms with Gasteiger partial charge in [-0.05, 0) is 143 Å². The van der Waals surface area contributed by atoms with Gasteiger partial charge in [-0.3, -0.25) is 9.97 Å². The first-order valence-electron chi connectivity index (χ1n) is 29.0. The van der Waals surface area contributed by atoms with Gasteiger partial charge in [-0.1, -0.05) is 231 Å². The van der Waals surface area contributed by atoms with E-state index in [0.29, 0.717) is 13.1 Å². The molecule has 16 rings (SSSR count). The molecule has 14 aromatic rings. The van der Waals surface area contributed by atoms with Crippen molar-refractivity contribution in [1.82, 2.24) is 14.5 Å². The highest BCUT2D eigenvalue weighted by molar-refractivity contribution is 7.00. The first-order chi connectivity index (χ1) is 41.7. The molecule has 0 unspecified atom stereocenters. The number of pyridine rings is 2.